The molecule has 3 rings (SSSR count). The second-order valence-corrected chi connectivity index (χ2v) is 5.77. The van der Waals surface area contributed by atoms with Gasteiger partial charge in [-0.3, -0.25) is 9.69 Å². The molecule has 0 aromatic heterocycles. The molecule has 4 nitrogen and oxygen atoms in total. The minimum atomic E-state index is -0.198. The Labute approximate surface area is 124 Å². The molecule has 1 unspecified atom stereocenters. The van der Waals surface area contributed by atoms with Gasteiger partial charge in [0, 0.05) is 19.6 Å². The molecule has 2 aliphatic rings. The van der Waals surface area contributed by atoms with Gasteiger partial charge in [-0.05, 0) is 36.6 Å². The number of hydrogen-bond donors (Lipinski definition) is 0. The van der Waals surface area contributed by atoms with Crippen LogP contribution in [0.4, 0.5) is 4.39 Å². The minimum absolute atomic E-state index is 0.193. The number of rotatable bonds is 3. The number of nitrogens with zero attached hydrogens (tertiary/aromatic N) is 2. The third kappa shape index (κ3) is 3.60. The molecule has 0 N–H and O–H groups in total. The van der Waals surface area contributed by atoms with Crippen LogP contribution in [0.2, 0.25) is 0 Å². The second-order valence-electron chi connectivity index (χ2n) is 5.77. The van der Waals surface area contributed by atoms with E-state index < -0.39 is 0 Å². The van der Waals surface area contributed by atoms with E-state index in [1.54, 1.807) is 0 Å². The summed E-state index contributed by atoms with van der Waals surface area (Å²) in [6.07, 6.45) is 1.03. The summed E-state index contributed by atoms with van der Waals surface area (Å²) >= 11 is 0. The number of halogens is 1. The van der Waals surface area contributed by atoms with Gasteiger partial charge < -0.3 is 9.64 Å². The molecule has 114 valence electrons. The first-order chi connectivity index (χ1) is 10.2. The van der Waals surface area contributed by atoms with E-state index in [1.165, 1.54) is 12.1 Å². The maximum Gasteiger partial charge on any atom is 0.236 e. The lowest BCUT2D eigenvalue weighted by Crippen LogP contribution is -2.45. The van der Waals surface area contributed by atoms with E-state index >= 15 is 0 Å². The summed E-state index contributed by atoms with van der Waals surface area (Å²) in [6, 6.07) is 6.73. The molecule has 5 heteroatoms. The van der Waals surface area contributed by atoms with Gasteiger partial charge >= 0.3 is 0 Å². The predicted octanol–water partition coefficient (Wildman–Crippen LogP) is 1.47. The topological polar surface area (TPSA) is 32.8 Å². The Morgan fingerprint density at radius 3 is 2.62 bits per heavy atom. The molecule has 0 aliphatic carbocycles. The Kier molecular flexibility index (Phi) is 4.51. The van der Waals surface area contributed by atoms with Crippen molar-refractivity contribution in [2.75, 3.05) is 45.9 Å². The van der Waals surface area contributed by atoms with Crippen molar-refractivity contribution in [1.82, 2.24) is 9.80 Å². The van der Waals surface area contributed by atoms with Crippen molar-refractivity contribution in [1.29, 1.82) is 0 Å². The van der Waals surface area contributed by atoms with Gasteiger partial charge in [-0.25, -0.2) is 4.39 Å². The zero-order valence-electron chi connectivity index (χ0n) is 12.1. The van der Waals surface area contributed by atoms with Gasteiger partial charge in [0.05, 0.1) is 19.8 Å². The quantitative estimate of drug-likeness (QED) is 0.846. The molecule has 1 aromatic carbocycles. The van der Waals surface area contributed by atoms with Crippen LogP contribution < -0.4 is 0 Å². The first-order valence-electron chi connectivity index (χ1n) is 7.56. The fourth-order valence-electron chi connectivity index (χ4n) is 3.09. The van der Waals surface area contributed by atoms with Crippen LogP contribution in [0.25, 0.3) is 0 Å². The van der Waals surface area contributed by atoms with Crippen molar-refractivity contribution in [3.05, 3.63) is 35.6 Å². The van der Waals surface area contributed by atoms with E-state index in [1.807, 2.05) is 17.0 Å². The van der Waals surface area contributed by atoms with Gasteiger partial charge in [0.15, 0.2) is 0 Å². The van der Waals surface area contributed by atoms with Gasteiger partial charge in [0.25, 0.3) is 0 Å². The fourth-order valence-corrected chi connectivity index (χ4v) is 3.09. The van der Waals surface area contributed by atoms with E-state index in [-0.39, 0.29) is 11.7 Å². The summed E-state index contributed by atoms with van der Waals surface area (Å²) in [4.78, 5) is 16.3. The molecule has 2 fully saturated rings. The zero-order chi connectivity index (χ0) is 14.7. The van der Waals surface area contributed by atoms with Crippen LogP contribution in [0.5, 0.6) is 0 Å². The molecule has 0 radical (unpaired) electrons. The molecular weight excluding hydrogens is 271 g/mol. The van der Waals surface area contributed by atoms with Gasteiger partial charge in [-0.1, -0.05) is 12.1 Å². The standard InChI is InChI=1S/C16H21FN2O2/c17-15-3-1-13(2-4-15)14-5-6-18(11-14)12-16(20)19-7-9-21-10-8-19/h1-4,14H,5-12H2. The van der Waals surface area contributed by atoms with E-state index in [9.17, 15) is 9.18 Å². The SMILES string of the molecule is O=C(CN1CCC(c2ccc(F)cc2)C1)N1CCOCC1. The summed E-state index contributed by atoms with van der Waals surface area (Å²) in [6.45, 7) is 4.98. The average molecular weight is 292 g/mol. The third-order valence-corrected chi connectivity index (χ3v) is 4.34. The Morgan fingerprint density at radius 1 is 1.19 bits per heavy atom. The largest absolute Gasteiger partial charge is 0.378 e. The van der Waals surface area contributed by atoms with Gasteiger partial charge in [0.2, 0.25) is 5.91 Å². The Hall–Kier alpha value is -1.46. The highest BCUT2D eigenvalue weighted by Crippen LogP contribution is 2.27. The molecule has 0 spiro atoms. The number of benzene rings is 1. The number of carbonyl (C=O) groups excluding carboxylic acids is 1. The van der Waals surface area contributed by atoms with E-state index in [2.05, 4.69) is 4.90 Å². The Bertz CT molecular complexity index is 486. The van der Waals surface area contributed by atoms with Crippen LogP contribution in [-0.2, 0) is 9.53 Å². The maximum atomic E-state index is 13.0. The zero-order valence-corrected chi connectivity index (χ0v) is 12.1. The van der Waals surface area contributed by atoms with Crippen molar-refractivity contribution < 1.29 is 13.9 Å². The van der Waals surface area contributed by atoms with Crippen molar-refractivity contribution in [3.63, 3.8) is 0 Å². The number of carbonyl (C=O) groups is 1. The Balaban J connectivity index is 1.52. The van der Waals surface area contributed by atoms with Crippen LogP contribution >= 0.6 is 0 Å². The fraction of sp³-hybridized carbons (Fsp3) is 0.562. The predicted molar refractivity (Wildman–Crippen MR) is 77.6 cm³/mol. The van der Waals surface area contributed by atoms with Crippen molar-refractivity contribution in [2.45, 2.75) is 12.3 Å². The molecule has 1 amide bonds. The van der Waals surface area contributed by atoms with Gasteiger partial charge in [0.1, 0.15) is 5.82 Å². The first-order valence-corrected chi connectivity index (χ1v) is 7.56. The van der Waals surface area contributed by atoms with E-state index in [0.717, 1.165) is 25.1 Å². The van der Waals surface area contributed by atoms with Crippen LogP contribution in [0.3, 0.4) is 0 Å². The lowest BCUT2D eigenvalue weighted by atomic mass is 9.99. The van der Waals surface area contributed by atoms with Crippen LogP contribution in [0.15, 0.2) is 24.3 Å². The van der Waals surface area contributed by atoms with Gasteiger partial charge in [-0.2, -0.15) is 0 Å². The van der Waals surface area contributed by atoms with Crippen LogP contribution in [0.1, 0.15) is 17.9 Å². The monoisotopic (exact) mass is 292 g/mol. The molecule has 21 heavy (non-hydrogen) atoms. The highest BCUT2D eigenvalue weighted by molar-refractivity contribution is 5.78. The van der Waals surface area contributed by atoms with E-state index in [4.69, 9.17) is 4.74 Å². The smallest absolute Gasteiger partial charge is 0.236 e. The summed E-state index contributed by atoms with van der Waals surface area (Å²) in [7, 11) is 0. The minimum Gasteiger partial charge on any atom is -0.378 e. The highest BCUT2D eigenvalue weighted by atomic mass is 19.1. The summed E-state index contributed by atoms with van der Waals surface area (Å²) in [5, 5.41) is 0. The van der Waals surface area contributed by atoms with Gasteiger partial charge in [-0.15, -0.1) is 0 Å². The highest BCUT2D eigenvalue weighted by Gasteiger charge is 2.27. The molecule has 2 heterocycles. The number of morpholine rings is 1. The number of amides is 1. The molecule has 2 saturated heterocycles. The number of likely N-dealkylation sites (tertiary alicyclic amines) is 1. The van der Waals surface area contributed by atoms with Crippen molar-refractivity contribution >= 4 is 5.91 Å². The lowest BCUT2D eigenvalue weighted by Gasteiger charge is -2.28. The number of hydrogen-bond acceptors (Lipinski definition) is 3. The third-order valence-electron chi connectivity index (χ3n) is 4.34. The maximum absolute atomic E-state index is 13.0. The molecule has 1 atom stereocenters. The Morgan fingerprint density at radius 2 is 1.90 bits per heavy atom. The average Bonchev–Trinajstić information content (AvgIpc) is 2.97. The summed E-state index contributed by atoms with van der Waals surface area (Å²) < 4.78 is 18.2. The van der Waals surface area contributed by atoms with Crippen molar-refractivity contribution in [3.8, 4) is 0 Å². The lowest BCUT2D eigenvalue weighted by molar-refractivity contribution is -0.136. The molecule has 2 aliphatic heterocycles. The summed E-state index contributed by atoms with van der Waals surface area (Å²) in [5.41, 5.74) is 1.16. The normalized spacial score (nSPS) is 23.5. The molecule has 0 saturated carbocycles. The van der Waals surface area contributed by atoms with Crippen LogP contribution in [0, 0.1) is 5.82 Å². The first kappa shape index (κ1) is 14.5. The molecule has 0 bridgehead atoms. The molecular formula is C16H21FN2O2. The number of ether oxygens (including phenoxy) is 1. The van der Waals surface area contributed by atoms with E-state index in [0.29, 0.717) is 38.8 Å². The summed E-state index contributed by atoms with van der Waals surface area (Å²) in [5.74, 6) is 0.400. The van der Waals surface area contributed by atoms with Crippen molar-refractivity contribution in [2.24, 2.45) is 0 Å². The molecule has 1 aromatic rings. The van der Waals surface area contributed by atoms with Crippen LogP contribution in [-0.4, -0.2) is 61.6 Å². The second kappa shape index (κ2) is 6.54.